The third-order valence-corrected chi connectivity index (χ3v) is 10.7. The highest BCUT2D eigenvalue weighted by Gasteiger charge is 2.23. The predicted octanol–water partition coefficient (Wildman–Crippen LogP) is 9.42. The standard InChI is InChI=1S/C35H35NOS2/c1-3-24-19-29-22-34(38-32(29)20-24)26-14-16-31(17-15-26)36(30-10-6-5-7-11-30)18-8-9-25(4-2)33-21-27-12-13-28(23-37)35(27)39-33/h3-4,8,10,13-16,18,20-23,25,31H,1-2,5-7,9,11-12,17,19H2/b18-8+. The van der Waals surface area contributed by atoms with Gasteiger partial charge in [0.2, 0.25) is 0 Å². The fourth-order valence-electron chi connectivity index (χ4n) is 5.98. The van der Waals surface area contributed by atoms with Gasteiger partial charge in [-0.15, -0.1) is 29.3 Å². The second-order valence-corrected chi connectivity index (χ2v) is 12.9. The molecule has 0 N–H and O–H groups in total. The van der Waals surface area contributed by atoms with E-state index in [0.717, 1.165) is 48.8 Å². The Morgan fingerprint density at radius 3 is 2.74 bits per heavy atom. The van der Waals surface area contributed by atoms with Crippen LogP contribution in [0.15, 0.2) is 91.4 Å². The molecule has 0 radical (unpaired) electrons. The van der Waals surface area contributed by atoms with E-state index in [1.54, 1.807) is 11.3 Å². The molecule has 2 aromatic heterocycles. The molecule has 4 aliphatic carbocycles. The summed E-state index contributed by atoms with van der Waals surface area (Å²) in [5, 5.41) is 0. The Kier molecular flexibility index (Phi) is 7.67. The average molecular weight is 550 g/mol. The van der Waals surface area contributed by atoms with E-state index in [2.05, 4.69) is 78.9 Å². The van der Waals surface area contributed by atoms with Gasteiger partial charge in [-0.2, -0.15) is 0 Å². The number of thiophene rings is 2. The largest absolute Gasteiger partial charge is 0.345 e. The third kappa shape index (κ3) is 5.33. The molecule has 0 amide bonds. The molecule has 6 rings (SSSR count). The van der Waals surface area contributed by atoms with Crippen LogP contribution >= 0.6 is 22.7 Å². The Hall–Kier alpha value is -3.21. The first kappa shape index (κ1) is 26.0. The van der Waals surface area contributed by atoms with Gasteiger partial charge in [-0.1, -0.05) is 55.2 Å². The van der Waals surface area contributed by atoms with Gasteiger partial charge in [0.25, 0.3) is 0 Å². The first-order chi connectivity index (χ1) is 19.2. The minimum atomic E-state index is 0.261. The van der Waals surface area contributed by atoms with E-state index in [-0.39, 0.29) is 5.92 Å². The Balaban J connectivity index is 1.16. The first-order valence-corrected chi connectivity index (χ1v) is 15.7. The zero-order chi connectivity index (χ0) is 26.8. The summed E-state index contributed by atoms with van der Waals surface area (Å²) in [5.41, 5.74) is 7.68. The molecule has 0 saturated heterocycles. The molecule has 2 unspecified atom stereocenters. The lowest BCUT2D eigenvalue weighted by Crippen LogP contribution is -2.30. The zero-order valence-corrected chi connectivity index (χ0v) is 24.0. The highest BCUT2D eigenvalue weighted by molar-refractivity contribution is 7.14. The molecule has 198 valence electrons. The molecule has 2 aromatic rings. The number of carbonyl (C=O) groups excluding carboxylic acids is 1. The van der Waals surface area contributed by atoms with E-state index in [0.29, 0.717) is 6.04 Å². The van der Waals surface area contributed by atoms with E-state index in [4.69, 9.17) is 0 Å². The monoisotopic (exact) mass is 549 g/mol. The smallest absolute Gasteiger partial charge is 0.151 e. The van der Waals surface area contributed by atoms with E-state index in [1.807, 2.05) is 23.5 Å². The molecule has 0 saturated carbocycles. The molecule has 2 atom stereocenters. The van der Waals surface area contributed by atoms with Crippen LogP contribution in [0.25, 0.3) is 17.2 Å². The van der Waals surface area contributed by atoms with E-state index in [9.17, 15) is 4.79 Å². The summed E-state index contributed by atoms with van der Waals surface area (Å²) in [6.07, 6.45) is 32.2. The average Bonchev–Trinajstić information content (AvgIpc) is 3.74. The van der Waals surface area contributed by atoms with Gasteiger partial charge in [0.1, 0.15) is 0 Å². The molecule has 0 bridgehead atoms. The fourth-order valence-corrected chi connectivity index (χ4v) is 8.46. The van der Waals surface area contributed by atoms with E-state index < -0.39 is 0 Å². The van der Waals surface area contributed by atoms with Crippen molar-refractivity contribution in [2.45, 2.75) is 63.3 Å². The fraction of sp³-hybridized carbons (Fsp3) is 0.286. The Morgan fingerprint density at radius 2 is 2.03 bits per heavy atom. The highest BCUT2D eigenvalue weighted by atomic mass is 32.1. The topological polar surface area (TPSA) is 20.3 Å². The summed E-state index contributed by atoms with van der Waals surface area (Å²) in [7, 11) is 0. The summed E-state index contributed by atoms with van der Waals surface area (Å²) in [6, 6.07) is 4.98. The normalized spacial score (nSPS) is 20.6. The molecule has 4 heteroatoms. The second-order valence-electron chi connectivity index (χ2n) is 10.7. The Morgan fingerprint density at radius 1 is 1.10 bits per heavy atom. The van der Waals surface area contributed by atoms with Gasteiger partial charge in [0.15, 0.2) is 6.29 Å². The zero-order valence-electron chi connectivity index (χ0n) is 22.4. The van der Waals surface area contributed by atoms with Crippen molar-refractivity contribution in [1.82, 2.24) is 4.90 Å². The second kappa shape index (κ2) is 11.5. The van der Waals surface area contributed by atoms with Crippen LogP contribution in [0, 0.1) is 0 Å². The lowest BCUT2D eigenvalue weighted by Gasteiger charge is -2.33. The van der Waals surface area contributed by atoms with Crippen molar-refractivity contribution in [3.05, 3.63) is 122 Å². The number of rotatable bonds is 10. The van der Waals surface area contributed by atoms with Crippen molar-refractivity contribution < 1.29 is 4.79 Å². The van der Waals surface area contributed by atoms with Crippen LogP contribution in [0.3, 0.4) is 0 Å². The molecular formula is C35H35NOS2. The van der Waals surface area contributed by atoms with Gasteiger partial charge >= 0.3 is 0 Å². The van der Waals surface area contributed by atoms with Crippen molar-refractivity contribution in [2.24, 2.45) is 0 Å². The first-order valence-electron chi connectivity index (χ1n) is 14.1. The van der Waals surface area contributed by atoms with Crippen LogP contribution in [0.4, 0.5) is 0 Å². The predicted molar refractivity (Wildman–Crippen MR) is 169 cm³/mol. The maximum atomic E-state index is 11.4. The van der Waals surface area contributed by atoms with Gasteiger partial charge in [-0.05, 0) is 91.8 Å². The molecule has 0 aromatic carbocycles. The highest BCUT2D eigenvalue weighted by Crippen LogP contribution is 2.40. The number of allylic oxidation sites excluding steroid dienone is 10. The van der Waals surface area contributed by atoms with Gasteiger partial charge < -0.3 is 4.90 Å². The van der Waals surface area contributed by atoms with Gasteiger partial charge in [0, 0.05) is 42.9 Å². The minimum Gasteiger partial charge on any atom is -0.345 e. The molecule has 39 heavy (non-hydrogen) atoms. The van der Waals surface area contributed by atoms with Crippen LogP contribution in [-0.2, 0) is 17.6 Å². The number of carbonyl (C=O) groups is 1. The number of hydrogen-bond donors (Lipinski definition) is 0. The molecule has 2 nitrogen and oxygen atoms in total. The quantitative estimate of drug-likeness (QED) is 0.217. The maximum Gasteiger partial charge on any atom is 0.151 e. The summed E-state index contributed by atoms with van der Waals surface area (Å²) in [4.78, 5) is 19.1. The van der Waals surface area contributed by atoms with Crippen LogP contribution in [0.1, 0.15) is 75.1 Å². The molecule has 0 fully saturated rings. The number of nitrogens with zero attached hydrogens (tertiary/aromatic N) is 1. The minimum absolute atomic E-state index is 0.261. The van der Waals surface area contributed by atoms with Gasteiger partial charge in [-0.3, -0.25) is 4.79 Å². The van der Waals surface area contributed by atoms with Crippen LogP contribution < -0.4 is 0 Å². The van der Waals surface area contributed by atoms with Crippen molar-refractivity contribution in [1.29, 1.82) is 0 Å². The summed E-state index contributed by atoms with van der Waals surface area (Å²) in [5.74, 6) is 0.261. The van der Waals surface area contributed by atoms with Crippen LogP contribution in [0.2, 0.25) is 0 Å². The van der Waals surface area contributed by atoms with Gasteiger partial charge in [-0.25, -0.2) is 0 Å². The Bertz CT molecular complexity index is 1480. The summed E-state index contributed by atoms with van der Waals surface area (Å²) < 4.78 is 0. The van der Waals surface area contributed by atoms with Gasteiger partial charge in [0.05, 0.1) is 6.04 Å². The van der Waals surface area contributed by atoms with Crippen LogP contribution in [0.5, 0.6) is 0 Å². The number of aldehydes is 1. The van der Waals surface area contributed by atoms with Crippen molar-refractivity contribution >= 4 is 46.2 Å². The Labute approximate surface area is 240 Å². The SMILES string of the molecule is C=CC1=Cc2sc(C3=CCC(N(/C=C/CC(C=C)c4cc5c(s4)C(C=O)=CC5)C4=CCCCC4)C=C3)cc2C1. The number of fused-ring (bicyclic) bond motifs is 2. The molecule has 0 spiro atoms. The molecular weight excluding hydrogens is 515 g/mol. The van der Waals surface area contributed by atoms with Crippen LogP contribution in [-0.4, -0.2) is 17.2 Å². The third-order valence-electron chi connectivity index (χ3n) is 8.20. The lowest BCUT2D eigenvalue weighted by atomic mass is 9.97. The van der Waals surface area contributed by atoms with Crippen molar-refractivity contribution in [2.75, 3.05) is 0 Å². The summed E-state index contributed by atoms with van der Waals surface area (Å²) >= 11 is 3.65. The lowest BCUT2D eigenvalue weighted by molar-refractivity contribution is -0.103. The molecule has 0 aliphatic heterocycles. The summed E-state index contributed by atoms with van der Waals surface area (Å²) in [6.45, 7) is 8.07. The van der Waals surface area contributed by atoms with Crippen molar-refractivity contribution in [3.63, 3.8) is 0 Å². The van der Waals surface area contributed by atoms with E-state index in [1.165, 1.54) is 61.9 Å². The maximum absolute atomic E-state index is 11.4. The van der Waals surface area contributed by atoms with Crippen molar-refractivity contribution in [3.8, 4) is 0 Å². The number of hydrogen-bond acceptors (Lipinski definition) is 4. The molecule has 4 aliphatic rings. The molecule has 2 heterocycles. The van der Waals surface area contributed by atoms with E-state index >= 15 is 0 Å².